The largest absolute Gasteiger partial charge is 0.507 e. The van der Waals surface area contributed by atoms with Crippen LogP contribution in [0.2, 0.25) is 5.02 Å². The molecular formula is C20H21ClN4O2. The van der Waals surface area contributed by atoms with Crippen molar-refractivity contribution in [2.75, 3.05) is 11.9 Å². The highest BCUT2D eigenvalue weighted by molar-refractivity contribution is 6.30. The second kappa shape index (κ2) is 6.94. The molecule has 3 aromatic rings. The van der Waals surface area contributed by atoms with Crippen LogP contribution in [0.4, 0.5) is 5.82 Å². The molecule has 1 atom stereocenters. The summed E-state index contributed by atoms with van der Waals surface area (Å²) in [5, 5.41) is 24.8. The number of benzene rings is 1. The SMILES string of the molecule is CC1(C)C[C@@H](Nc2nnc(-c3ccc(Cl)cc3O)c3ccncc23)CCO1. The number of aromatic nitrogens is 3. The van der Waals surface area contributed by atoms with Crippen LogP contribution < -0.4 is 5.32 Å². The molecule has 2 aromatic heterocycles. The lowest BCUT2D eigenvalue weighted by Crippen LogP contribution is -2.40. The maximum absolute atomic E-state index is 10.3. The Balaban J connectivity index is 1.74. The van der Waals surface area contributed by atoms with E-state index in [0.717, 1.165) is 23.6 Å². The molecule has 1 saturated heterocycles. The van der Waals surface area contributed by atoms with E-state index < -0.39 is 0 Å². The van der Waals surface area contributed by atoms with E-state index in [-0.39, 0.29) is 17.4 Å². The molecule has 1 aromatic carbocycles. The molecule has 3 heterocycles. The van der Waals surface area contributed by atoms with Crippen LogP contribution in [0.1, 0.15) is 26.7 Å². The molecule has 140 valence electrons. The Kier molecular flexibility index (Phi) is 4.61. The second-order valence-corrected chi connectivity index (χ2v) is 7.86. The number of fused-ring (bicyclic) bond motifs is 1. The molecule has 1 aliphatic rings. The number of halogens is 1. The highest BCUT2D eigenvalue weighted by Crippen LogP contribution is 2.36. The predicted octanol–water partition coefficient (Wildman–Crippen LogP) is 4.42. The highest BCUT2D eigenvalue weighted by atomic mass is 35.5. The lowest BCUT2D eigenvalue weighted by Gasteiger charge is -2.36. The van der Waals surface area contributed by atoms with Crippen LogP contribution >= 0.6 is 11.6 Å². The molecular weight excluding hydrogens is 364 g/mol. The van der Waals surface area contributed by atoms with E-state index in [1.54, 1.807) is 24.5 Å². The van der Waals surface area contributed by atoms with Gasteiger partial charge < -0.3 is 15.2 Å². The first-order chi connectivity index (χ1) is 12.9. The second-order valence-electron chi connectivity index (χ2n) is 7.42. The number of hydrogen-bond acceptors (Lipinski definition) is 6. The molecule has 0 spiro atoms. The summed E-state index contributed by atoms with van der Waals surface area (Å²) in [5.41, 5.74) is 1.02. The molecule has 2 N–H and O–H groups in total. The van der Waals surface area contributed by atoms with Gasteiger partial charge in [0.2, 0.25) is 0 Å². The Morgan fingerprint density at radius 1 is 1.22 bits per heavy atom. The molecule has 0 radical (unpaired) electrons. The van der Waals surface area contributed by atoms with E-state index in [1.807, 2.05) is 6.07 Å². The van der Waals surface area contributed by atoms with Gasteiger partial charge in [-0.25, -0.2) is 0 Å². The number of aromatic hydroxyl groups is 1. The predicted molar refractivity (Wildman–Crippen MR) is 106 cm³/mol. The van der Waals surface area contributed by atoms with Crippen molar-refractivity contribution in [3.8, 4) is 17.0 Å². The Bertz CT molecular complexity index is 993. The van der Waals surface area contributed by atoms with E-state index in [0.29, 0.717) is 28.7 Å². The van der Waals surface area contributed by atoms with E-state index in [2.05, 4.69) is 34.3 Å². The zero-order valence-corrected chi connectivity index (χ0v) is 16.0. The first-order valence-corrected chi connectivity index (χ1v) is 9.30. The van der Waals surface area contributed by atoms with Gasteiger partial charge in [-0.1, -0.05) is 11.6 Å². The summed E-state index contributed by atoms with van der Waals surface area (Å²) in [7, 11) is 0. The Hall–Kier alpha value is -2.44. The van der Waals surface area contributed by atoms with Crippen molar-refractivity contribution in [3.05, 3.63) is 41.7 Å². The van der Waals surface area contributed by atoms with Gasteiger partial charge in [0.15, 0.2) is 5.82 Å². The van der Waals surface area contributed by atoms with Gasteiger partial charge in [0, 0.05) is 46.4 Å². The first kappa shape index (κ1) is 17.9. The highest BCUT2D eigenvalue weighted by Gasteiger charge is 2.29. The Morgan fingerprint density at radius 2 is 2.07 bits per heavy atom. The van der Waals surface area contributed by atoms with Crippen molar-refractivity contribution >= 4 is 28.2 Å². The molecule has 1 aliphatic heterocycles. The van der Waals surface area contributed by atoms with E-state index in [9.17, 15) is 5.11 Å². The van der Waals surface area contributed by atoms with Crippen LogP contribution in [-0.4, -0.2) is 38.5 Å². The number of pyridine rings is 1. The van der Waals surface area contributed by atoms with E-state index >= 15 is 0 Å². The monoisotopic (exact) mass is 384 g/mol. The number of phenolic OH excluding ortho intramolecular Hbond substituents is 1. The third-order valence-electron chi connectivity index (χ3n) is 4.83. The van der Waals surface area contributed by atoms with Gasteiger partial charge in [-0.15, -0.1) is 10.2 Å². The number of anilines is 1. The summed E-state index contributed by atoms with van der Waals surface area (Å²) < 4.78 is 5.79. The van der Waals surface area contributed by atoms with Crippen molar-refractivity contribution in [2.45, 2.75) is 38.3 Å². The third kappa shape index (κ3) is 3.68. The van der Waals surface area contributed by atoms with Gasteiger partial charge in [0.1, 0.15) is 11.4 Å². The summed E-state index contributed by atoms with van der Waals surface area (Å²) in [4.78, 5) is 4.25. The molecule has 7 heteroatoms. The summed E-state index contributed by atoms with van der Waals surface area (Å²) in [6, 6.07) is 7.10. The number of nitrogens with one attached hydrogen (secondary N) is 1. The molecule has 1 fully saturated rings. The Labute approximate surface area is 162 Å². The number of hydrogen-bond donors (Lipinski definition) is 2. The fourth-order valence-corrected chi connectivity index (χ4v) is 3.72. The lowest BCUT2D eigenvalue weighted by molar-refractivity contribution is -0.0553. The number of ether oxygens (including phenoxy) is 1. The summed E-state index contributed by atoms with van der Waals surface area (Å²) >= 11 is 5.95. The average Bonchev–Trinajstić information content (AvgIpc) is 2.62. The summed E-state index contributed by atoms with van der Waals surface area (Å²) in [6.07, 6.45) is 5.28. The van der Waals surface area contributed by atoms with Crippen molar-refractivity contribution in [2.24, 2.45) is 0 Å². The van der Waals surface area contributed by atoms with Gasteiger partial charge in [-0.05, 0) is 51.0 Å². The molecule has 4 rings (SSSR count). The van der Waals surface area contributed by atoms with Gasteiger partial charge >= 0.3 is 0 Å². The topological polar surface area (TPSA) is 80.2 Å². The van der Waals surface area contributed by atoms with E-state index in [4.69, 9.17) is 16.3 Å². The van der Waals surface area contributed by atoms with Crippen LogP contribution in [0.15, 0.2) is 36.7 Å². The minimum absolute atomic E-state index is 0.0711. The molecule has 27 heavy (non-hydrogen) atoms. The smallest absolute Gasteiger partial charge is 0.158 e. The maximum atomic E-state index is 10.3. The third-order valence-corrected chi connectivity index (χ3v) is 5.07. The molecule has 0 aliphatic carbocycles. The quantitative estimate of drug-likeness (QED) is 0.695. The van der Waals surface area contributed by atoms with Gasteiger partial charge in [0.25, 0.3) is 0 Å². The van der Waals surface area contributed by atoms with Crippen molar-refractivity contribution in [1.82, 2.24) is 15.2 Å². The fourth-order valence-electron chi connectivity index (χ4n) is 3.56. The minimum Gasteiger partial charge on any atom is -0.507 e. The molecule has 0 amide bonds. The van der Waals surface area contributed by atoms with Gasteiger partial charge in [0.05, 0.1) is 5.60 Å². The normalized spacial score (nSPS) is 19.1. The van der Waals surface area contributed by atoms with E-state index in [1.165, 1.54) is 6.07 Å². The van der Waals surface area contributed by atoms with Crippen LogP contribution in [0, 0.1) is 0 Å². The first-order valence-electron chi connectivity index (χ1n) is 8.93. The maximum Gasteiger partial charge on any atom is 0.158 e. The summed E-state index contributed by atoms with van der Waals surface area (Å²) in [5.74, 6) is 0.764. The van der Waals surface area contributed by atoms with Gasteiger partial charge in [-0.2, -0.15) is 0 Å². The lowest BCUT2D eigenvalue weighted by atomic mass is 9.94. The number of rotatable bonds is 3. The number of nitrogens with zero attached hydrogens (tertiary/aromatic N) is 3. The number of phenols is 1. The van der Waals surface area contributed by atoms with Crippen molar-refractivity contribution in [1.29, 1.82) is 0 Å². The summed E-state index contributed by atoms with van der Waals surface area (Å²) in [6.45, 7) is 4.90. The molecule has 6 nitrogen and oxygen atoms in total. The van der Waals surface area contributed by atoms with Crippen molar-refractivity contribution in [3.63, 3.8) is 0 Å². The fraction of sp³-hybridized carbons (Fsp3) is 0.350. The standard InChI is InChI=1S/C20H21ClN4O2/c1-20(2)10-13(6-8-27-20)23-19-16-11-22-7-5-14(16)18(24-25-19)15-4-3-12(21)9-17(15)26/h3-5,7,9,11,13,26H,6,8,10H2,1-2H3,(H,23,25)/t13-/m0/s1. The Morgan fingerprint density at radius 3 is 2.85 bits per heavy atom. The molecule has 0 unspecified atom stereocenters. The molecule has 0 bridgehead atoms. The van der Waals surface area contributed by atoms with Crippen LogP contribution in [0.25, 0.3) is 22.0 Å². The van der Waals surface area contributed by atoms with Crippen LogP contribution in [-0.2, 0) is 4.74 Å². The van der Waals surface area contributed by atoms with Gasteiger partial charge in [-0.3, -0.25) is 4.98 Å². The zero-order chi connectivity index (χ0) is 19.0. The minimum atomic E-state index is -0.160. The zero-order valence-electron chi connectivity index (χ0n) is 15.2. The van der Waals surface area contributed by atoms with Crippen LogP contribution in [0.3, 0.4) is 0 Å². The molecule has 0 saturated carbocycles. The average molecular weight is 385 g/mol. The van der Waals surface area contributed by atoms with Crippen molar-refractivity contribution < 1.29 is 9.84 Å². The van der Waals surface area contributed by atoms with Crippen LogP contribution in [0.5, 0.6) is 5.75 Å².